The molecule has 3 N–H and O–H groups in total. The van der Waals surface area contributed by atoms with Crippen LogP contribution in [0, 0.1) is 10.1 Å². The molecule has 1 aliphatic heterocycles. The molecule has 0 radical (unpaired) electrons. The summed E-state index contributed by atoms with van der Waals surface area (Å²) in [5.74, 6) is -1.30. The van der Waals surface area contributed by atoms with Gasteiger partial charge >= 0.3 is 11.4 Å². The number of aliphatic hydroxyl groups excluding tert-OH is 2. The lowest BCUT2D eigenvalue weighted by atomic mass is 10.1. The molecule has 2 unspecified atom stereocenters. The van der Waals surface area contributed by atoms with E-state index in [4.69, 9.17) is 9.29 Å². The molecule has 0 bridgehead atoms. The lowest BCUT2D eigenvalue weighted by Crippen LogP contribution is -2.34. The Morgan fingerprint density at radius 3 is 2.61 bits per heavy atom. The van der Waals surface area contributed by atoms with Crippen LogP contribution in [-0.4, -0.2) is 68.9 Å². The van der Waals surface area contributed by atoms with Gasteiger partial charge in [-0.3, -0.25) is 19.7 Å². The highest BCUT2D eigenvalue weighted by atomic mass is 32.2. The van der Waals surface area contributed by atoms with E-state index in [2.05, 4.69) is 9.50 Å². The number of nitro benzene ring substituents is 1. The van der Waals surface area contributed by atoms with Crippen LogP contribution in [0.5, 0.6) is 0 Å². The Balaban J connectivity index is 2.21. The van der Waals surface area contributed by atoms with Gasteiger partial charge in [0.2, 0.25) is 0 Å². The van der Waals surface area contributed by atoms with E-state index in [1.807, 2.05) is 0 Å². The Morgan fingerprint density at radius 1 is 1.36 bits per heavy atom. The summed E-state index contributed by atoms with van der Waals surface area (Å²) in [6.45, 7) is -0.961. The van der Waals surface area contributed by atoms with Crippen LogP contribution in [0.25, 0.3) is 0 Å². The van der Waals surface area contributed by atoms with Crippen LogP contribution >= 0.6 is 0 Å². The lowest BCUT2D eigenvalue weighted by Gasteiger charge is -2.17. The molecule has 152 valence electrons. The molecule has 28 heavy (non-hydrogen) atoms. The monoisotopic (exact) mass is 415 g/mol. The van der Waals surface area contributed by atoms with E-state index in [9.17, 15) is 29.0 Å². The number of aliphatic hydroxyl groups is 2. The third kappa shape index (κ3) is 5.48. The Morgan fingerprint density at radius 2 is 2.04 bits per heavy atom. The van der Waals surface area contributed by atoms with Gasteiger partial charge in [0.15, 0.2) is 5.76 Å². The average molecular weight is 415 g/mol. The topological polar surface area (TPSA) is 169 Å². The highest BCUT2D eigenvalue weighted by molar-refractivity contribution is 7.75. The van der Waals surface area contributed by atoms with Crippen molar-refractivity contribution in [1.29, 1.82) is 0 Å². The molecule has 0 spiro atoms. The van der Waals surface area contributed by atoms with E-state index in [1.165, 1.54) is 7.05 Å². The molecule has 0 saturated carbocycles. The summed E-state index contributed by atoms with van der Waals surface area (Å²) in [5.41, 5.74) is -0.782. The minimum Gasteiger partial charge on any atom is -0.394 e. The van der Waals surface area contributed by atoms with Crippen molar-refractivity contribution in [3.63, 3.8) is 0 Å². The summed E-state index contributed by atoms with van der Waals surface area (Å²) < 4.78 is 20.4. The molecule has 1 aromatic carbocycles. The van der Waals surface area contributed by atoms with Gasteiger partial charge in [-0.15, -0.1) is 0 Å². The number of nitro groups is 1. The molecule has 0 fully saturated rings. The average Bonchev–Trinajstić information content (AvgIpc) is 3.09. The van der Waals surface area contributed by atoms with E-state index < -0.39 is 46.5 Å². The van der Waals surface area contributed by atoms with Gasteiger partial charge < -0.3 is 28.8 Å². The van der Waals surface area contributed by atoms with Gasteiger partial charge in [0.05, 0.1) is 24.2 Å². The molecule has 12 nitrogen and oxygen atoms in total. The van der Waals surface area contributed by atoms with Gasteiger partial charge in [-0.05, 0) is 6.07 Å². The van der Waals surface area contributed by atoms with Crippen molar-refractivity contribution in [2.75, 3.05) is 26.7 Å². The zero-order valence-electron chi connectivity index (χ0n) is 14.6. The van der Waals surface area contributed by atoms with E-state index in [-0.39, 0.29) is 30.0 Å². The molecule has 2 atom stereocenters. The van der Waals surface area contributed by atoms with Crippen molar-refractivity contribution < 1.29 is 37.3 Å². The number of carbonyl (C=O) groups is 2. The number of amides is 2. The van der Waals surface area contributed by atoms with Crippen molar-refractivity contribution in [3.8, 4) is 0 Å². The molecule has 1 aliphatic rings. The molecule has 0 aliphatic carbocycles. The Kier molecular flexibility index (Phi) is 7.03. The third-order valence-electron chi connectivity index (χ3n) is 3.52. The predicted molar refractivity (Wildman–Crippen MR) is 93.9 cm³/mol. The van der Waals surface area contributed by atoms with Crippen LogP contribution in [0.2, 0.25) is 0 Å². The minimum atomic E-state index is -1.97. The lowest BCUT2D eigenvalue weighted by molar-refractivity contribution is -0.384. The fraction of sp³-hybridized carbons (Fsp3) is 0.333. The van der Waals surface area contributed by atoms with E-state index in [0.29, 0.717) is 0 Å². The number of hydrogen-bond donors (Lipinski definition) is 3. The Hall–Kier alpha value is -3.03. The first kappa shape index (κ1) is 21.3. The summed E-state index contributed by atoms with van der Waals surface area (Å²) >= 11 is -1.97. The number of benzene rings is 1. The first-order valence-corrected chi connectivity index (χ1v) is 8.79. The van der Waals surface area contributed by atoms with Crippen LogP contribution in [0.15, 0.2) is 30.2 Å². The van der Waals surface area contributed by atoms with Gasteiger partial charge in [0, 0.05) is 36.9 Å². The maximum Gasteiger partial charge on any atom is 0.417 e. The molecule has 13 heteroatoms. The summed E-state index contributed by atoms with van der Waals surface area (Å²) in [6, 6.07) is 3.15. The molecular weight excluding hydrogens is 398 g/mol. The van der Waals surface area contributed by atoms with Crippen LogP contribution in [0.1, 0.15) is 20.7 Å². The summed E-state index contributed by atoms with van der Waals surface area (Å²) in [4.78, 5) is 36.3. The van der Waals surface area contributed by atoms with Crippen molar-refractivity contribution in [2.24, 2.45) is 0 Å². The van der Waals surface area contributed by atoms with Crippen LogP contribution in [-0.2, 0) is 19.7 Å². The Labute approximate surface area is 161 Å². The summed E-state index contributed by atoms with van der Waals surface area (Å²) in [6.07, 6.45) is -0.110. The third-order valence-corrected chi connectivity index (χ3v) is 4.12. The smallest absolute Gasteiger partial charge is 0.394 e. The fourth-order valence-corrected chi connectivity index (χ4v) is 2.65. The largest absolute Gasteiger partial charge is 0.417 e. The standard InChI is InChI=1S/C15H17N3O9S/c1-17(6-13-8-26-28(25)27-13)15(22)10-2-9(3-11(4-10)18(23)24)14(21)16-5-12(20)7-19/h2-4,8,12,19-20H,5-7H2,1H3,(H,16,21). The molecular formula is C15H17N3O9S. The van der Waals surface area contributed by atoms with Gasteiger partial charge in [0.1, 0.15) is 6.26 Å². The maximum absolute atomic E-state index is 12.6. The van der Waals surface area contributed by atoms with Gasteiger partial charge in [-0.2, -0.15) is 4.21 Å². The van der Waals surface area contributed by atoms with E-state index >= 15 is 0 Å². The molecule has 2 rings (SSSR count). The molecule has 0 saturated heterocycles. The van der Waals surface area contributed by atoms with Gasteiger partial charge in [-0.1, -0.05) is 0 Å². The number of carbonyl (C=O) groups excluding carboxylic acids is 2. The molecule has 1 aromatic rings. The number of rotatable bonds is 8. The maximum atomic E-state index is 12.6. The van der Waals surface area contributed by atoms with E-state index in [0.717, 1.165) is 29.4 Å². The van der Waals surface area contributed by atoms with Gasteiger partial charge in [-0.25, -0.2) is 0 Å². The first-order valence-electron chi connectivity index (χ1n) is 7.79. The highest BCUT2D eigenvalue weighted by Crippen LogP contribution is 2.20. The number of hydrogen-bond acceptors (Lipinski definition) is 9. The molecule has 0 aromatic heterocycles. The van der Waals surface area contributed by atoms with Crippen molar-refractivity contribution in [3.05, 3.63) is 51.5 Å². The van der Waals surface area contributed by atoms with Crippen molar-refractivity contribution >= 4 is 28.9 Å². The summed E-state index contributed by atoms with van der Waals surface area (Å²) in [7, 11) is 1.38. The summed E-state index contributed by atoms with van der Waals surface area (Å²) in [5, 5.41) is 31.5. The van der Waals surface area contributed by atoms with Crippen molar-refractivity contribution in [2.45, 2.75) is 6.10 Å². The van der Waals surface area contributed by atoms with Crippen LogP contribution in [0.3, 0.4) is 0 Å². The molecule has 1 heterocycles. The van der Waals surface area contributed by atoms with Crippen LogP contribution in [0.4, 0.5) is 5.69 Å². The van der Waals surface area contributed by atoms with E-state index in [1.54, 1.807) is 0 Å². The molecule has 2 amide bonds. The fourth-order valence-electron chi connectivity index (χ4n) is 2.16. The second kappa shape index (κ2) is 9.25. The highest BCUT2D eigenvalue weighted by Gasteiger charge is 2.23. The Bertz CT molecular complexity index is 842. The minimum absolute atomic E-state index is 0.114. The van der Waals surface area contributed by atoms with Crippen LogP contribution < -0.4 is 5.32 Å². The normalized spacial score (nSPS) is 16.4. The number of nitrogens with one attached hydrogen (secondary N) is 1. The number of non-ortho nitro benzene ring substituents is 1. The quantitative estimate of drug-likeness (QED) is 0.364. The van der Waals surface area contributed by atoms with Gasteiger partial charge in [0.25, 0.3) is 17.5 Å². The predicted octanol–water partition coefficient (Wildman–Crippen LogP) is -0.783. The second-order valence-electron chi connectivity index (χ2n) is 5.70. The first-order chi connectivity index (χ1) is 13.2. The second-order valence-corrected chi connectivity index (χ2v) is 6.47. The van der Waals surface area contributed by atoms with Crippen molar-refractivity contribution in [1.82, 2.24) is 10.2 Å². The SMILES string of the molecule is CN(CC1=COS(=O)O1)C(=O)c1cc(C(=O)NCC(O)CO)cc([N+](=O)[O-])c1. The zero-order valence-corrected chi connectivity index (χ0v) is 15.4. The number of nitrogens with zero attached hydrogens (tertiary/aromatic N) is 2. The zero-order chi connectivity index (χ0) is 20.8. The number of likely N-dealkylation sites (N-methyl/N-ethyl adjacent to an activating group) is 1.